The lowest BCUT2D eigenvalue weighted by atomic mass is 9.96. The Balaban J connectivity index is 2.10. The zero-order valence-electron chi connectivity index (χ0n) is 9.11. The molecule has 0 radical (unpaired) electrons. The number of hydrogen-bond acceptors (Lipinski definition) is 3. The van der Waals surface area contributed by atoms with Crippen molar-refractivity contribution in [3.05, 3.63) is 36.0 Å². The summed E-state index contributed by atoms with van der Waals surface area (Å²) < 4.78 is 0. The Kier molecular flexibility index (Phi) is 2.26. The maximum Gasteiger partial charge on any atom is 0.0722 e. The second-order valence-electron chi connectivity index (χ2n) is 4.37. The van der Waals surface area contributed by atoms with Crippen LogP contribution in [0.2, 0.25) is 0 Å². The standard InChI is InChI=1S/C13H15N3/c14-12-4-6-16-13-2-1-9(7-11(12)13)10-3-5-15-8-10/h1-2,4,6-7,10,15H,3,5,8H2,(H2,14,16). The highest BCUT2D eigenvalue weighted by Gasteiger charge is 2.16. The molecular formula is C13H15N3. The molecule has 0 saturated carbocycles. The number of pyridine rings is 1. The first-order valence-corrected chi connectivity index (χ1v) is 5.69. The molecule has 1 aliphatic rings. The van der Waals surface area contributed by atoms with Gasteiger partial charge in [0.2, 0.25) is 0 Å². The predicted octanol–water partition coefficient (Wildman–Crippen LogP) is 1.89. The monoisotopic (exact) mass is 213 g/mol. The van der Waals surface area contributed by atoms with E-state index < -0.39 is 0 Å². The van der Waals surface area contributed by atoms with E-state index in [4.69, 9.17) is 5.73 Å². The summed E-state index contributed by atoms with van der Waals surface area (Å²) >= 11 is 0. The lowest BCUT2D eigenvalue weighted by Crippen LogP contribution is -2.07. The van der Waals surface area contributed by atoms with Gasteiger partial charge in [0, 0.05) is 23.8 Å². The molecular weight excluding hydrogens is 198 g/mol. The molecule has 2 heterocycles. The summed E-state index contributed by atoms with van der Waals surface area (Å²) in [6.45, 7) is 2.19. The van der Waals surface area contributed by atoms with Crippen LogP contribution in [0.1, 0.15) is 17.9 Å². The van der Waals surface area contributed by atoms with Crippen LogP contribution in [0.15, 0.2) is 30.5 Å². The molecule has 1 saturated heterocycles. The quantitative estimate of drug-likeness (QED) is 0.760. The van der Waals surface area contributed by atoms with E-state index in [9.17, 15) is 0 Å². The zero-order chi connectivity index (χ0) is 11.0. The molecule has 82 valence electrons. The second-order valence-corrected chi connectivity index (χ2v) is 4.37. The van der Waals surface area contributed by atoms with Gasteiger partial charge in [0.15, 0.2) is 0 Å². The Labute approximate surface area is 94.7 Å². The highest BCUT2D eigenvalue weighted by atomic mass is 14.9. The van der Waals surface area contributed by atoms with Crippen molar-refractivity contribution in [1.29, 1.82) is 0 Å². The first-order valence-electron chi connectivity index (χ1n) is 5.69. The normalized spacial score (nSPS) is 20.4. The molecule has 1 aromatic heterocycles. The van der Waals surface area contributed by atoms with Crippen LogP contribution in [0.3, 0.4) is 0 Å². The number of fused-ring (bicyclic) bond motifs is 1. The largest absolute Gasteiger partial charge is 0.398 e. The third-order valence-corrected chi connectivity index (χ3v) is 3.33. The average Bonchev–Trinajstić information content (AvgIpc) is 2.83. The summed E-state index contributed by atoms with van der Waals surface area (Å²) in [5.41, 5.74) is 9.14. The summed E-state index contributed by atoms with van der Waals surface area (Å²) in [4.78, 5) is 4.31. The topological polar surface area (TPSA) is 50.9 Å². The van der Waals surface area contributed by atoms with Gasteiger partial charge in [0.05, 0.1) is 5.52 Å². The minimum atomic E-state index is 0.629. The first kappa shape index (κ1) is 9.60. The van der Waals surface area contributed by atoms with E-state index in [1.54, 1.807) is 6.20 Å². The van der Waals surface area contributed by atoms with Gasteiger partial charge in [-0.15, -0.1) is 0 Å². The van der Waals surface area contributed by atoms with Gasteiger partial charge in [0.1, 0.15) is 0 Å². The van der Waals surface area contributed by atoms with Crippen LogP contribution in [-0.4, -0.2) is 18.1 Å². The van der Waals surface area contributed by atoms with Gasteiger partial charge in [-0.25, -0.2) is 0 Å². The van der Waals surface area contributed by atoms with Gasteiger partial charge in [-0.3, -0.25) is 4.98 Å². The molecule has 0 bridgehead atoms. The zero-order valence-corrected chi connectivity index (χ0v) is 9.11. The number of rotatable bonds is 1. The molecule has 2 aromatic rings. The Morgan fingerprint density at radius 2 is 2.25 bits per heavy atom. The molecule has 1 unspecified atom stereocenters. The molecule has 0 amide bonds. The fraction of sp³-hybridized carbons (Fsp3) is 0.308. The number of nitrogens with two attached hydrogens (primary N) is 1. The van der Waals surface area contributed by atoms with Crippen LogP contribution in [0.5, 0.6) is 0 Å². The van der Waals surface area contributed by atoms with Crippen molar-refractivity contribution in [2.24, 2.45) is 0 Å². The molecule has 1 atom stereocenters. The van der Waals surface area contributed by atoms with E-state index in [1.165, 1.54) is 12.0 Å². The van der Waals surface area contributed by atoms with Crippen LogP contribution in [0, 0.1) is 0 Å². The van der Waals surface area contributed by atoms with Gasteiger partial charge >= 0.3 is 0 Å². The molecule has 16 heavy (non-hydrogen) atoms. The van der Waals surface area contributed by atoms with Crippen LogP contribution >= 0.6 is 0 Å². The second kappa shape index (κ2) is 3.76. The molecule has 0 aliphatic carbocycles. The van der Waals surface area contributed by atoms with Crippen molar-refractivity contribution in [3.63, 3.8) is 0 Å². The van der Waals surface area contributed by atoms with E-state index in [1.807, 2.05) is 6.07 Å². The van der Waals surface area contributed by atoms with Crippen molar-refractivity contribution in [2.75, 3.05) is 18.8 Å². The minimum Gasteiger partial charge on any atom is -0.398 e. The lowest BCUT2D eigenvalue weighted by molar-refractivity contribution is 0.764. The van der Waals surface area contributed by atoms with Crippen LogP contribution in [0.25, 0.3) is 10.9 Å². The molecule has 1 aromatic carbocycles. The van der Waals surface area contributed by atoms with E-state index in [0.717, 1.165) is 29.7 Å². The molecule has 1 fully saturated rings. The maximum atomic E-state index is 5.97. The Hall–Kier alpha value is -1.61. The Morgan fingerprint density at radius 3 is 3.06 bits per heavy atom. The fourth-order valence-electron chi connectivity index (χ4n) is 2.38. The van der Waals surface area contributed by atoms with E-state index in [0.29, 0.717) is 5.92 Å². The third kappa shape index (κ3) is 1.53. The lowest BCUT2D eigenvalue weighted by Gasteiger charge is -2.10. The SMILES string of the molecule is Nc1ccnc2ccc(C3CCNC3)cc12. The van der Waals surface area contributed by atoms with Crippen LogP contribution in [0.4, 0.5) is 5.69 Å². The number of benzene rings is 1. The Morgan fingerprint density at radius 1 is 1.31 bits per heavy atom. The summed E-state index contributed by atoms with van der Waals surface area (Å²) in [6, 6.07) is 8.29. The maximum absolute atomic E-state index is 5.97. The summed E-state index contributed by atoms with van der Waals surface area (Å²) in [7, 11) is 0. The number of nitrogens with one attached hydrogen (secondary N) is 1. The van der Waals surface area contributed by atoms with Crippen molar-refractivity contribution in [2.45, 2.75) is 12.3 Å². The smallest absolute Gasteiger partial charge is 0.0722 e. The van der Waals surface area contributed by atoms with Gasteiger partial charge in [-0.2, -0.15) is 0 Å². The minimum absolute atomic E-state index is 0.629. The van der Waals surface area contributed by atoms with E-state index in [-0.39, 0.29) is 0 Å². The highest BCUT2D eigenvalue weighted by molar-refractivity contribution is 5.90. The van der Waals surface area contributed by atoms with Gasteiger partial charge in [-0.1, -0.05) is 6.07 Å². The van der Waals surface area contributed by atoms with E-state index in [2.05, 4.69) is 28.5 Å². The summed E-state index contributed by atoms with van der Waals surface area (Å²) in [5, 5.41) is 4.46. The first-order chi connectivity index (χ1) is 7.84. The van der Waals surface area contributed by atoms with Gasteiger partial charge in [-0.05, 0) is 42.6 Å². The number of aromatic nitrogens is 1. The van der Waals surface area contributed by atoms with Crippen molar-refractivity contribution >= 4 is 16.6 Å². The van der Waals surface area contributed by atoms with Crippen molar-refractivity contribution < 1.29 is 0 Å². The van der Waals surface area contributed by atoms with Crippen LogP contribution in [-0.2, 0) is 0 Å². The third-order valence-electron chi connectivity index (χ3n) is 3.33. The van der Waals surface area contributed by atoms with Crippen molar-refractivity contribution in [1.82, 2.24) is 10.3 Å². The molecule has 0 spiro atoms. The molecule has 1 aliphatic heterocycles. The van der Waals surface area contributed by atoms with Gasteiger partial charge in [0.25, 0.3) is 0 Å². The Bertz CT molecular complexity index is 516. The van der Waals surface area contributed by atoms with Crippen molar-refractivity contribution in [3.8, 4) is 0 Å². The molecule has 3 heteroatoms. The highest BCUT2D eigenvalue weighted by Crippen LogP contribution is 2.27. The summed E-state index contributed by atoms with van der Waals surface area (Å²) in [5.74, 6) is 0.629. The van der Waals surface area contributed by atoms with E-state index >= 15 is 0 Å². The summed E-state index contributed by atoms with van der Waals surface area (Å²) in [6.07, 6.45) is 2.97. The molecule has 3 rings (SSSR count). The average molecular weight is 213 g/mol. The fourth-order valence-corrected chi connectivity index (χ4v) is 2.38. The van der Waals surface area contributed by atoms with Crippen LogP contribution < -0.4 is 11.1 Å². The predicted molar refractivity (Wildman–Crippen MR) is 66.4 cm³/mol. The number of anilines is 1. The molecule has 3 nitrogen and oxygen atoms in total. The molecule has 3 N–H and O–H groups in total. The van der Waals surface area contributed by atoms with Gasteiger partial charge < -0.3 is 11.1 Å². The number of nitrogens with zero attached hydrogens (tertiary/aromatic N) is 1. The number of nitrogen functional groups attached to an aromatic ring is 1. The number of hydrogen-bond donors (Lipinski definition) is 2.